The van der Waals surface area contributed by atoms with E-state index in [1.807, 2.05) is 24.3 Å². The van der Waals surface area contributed by atoms with Gasteiger partial charge in [0.1, 0.15) is 11.6 Å². The molecule has 0 heterocycles. The van der Waals surface area contributed by atoms with Gasteiger partial charge in [-0.15, -0.1) is 0 Å². The number of nitro groups is 1. The molecule has 21 heavy (non-hydrogen) atoms. The molecule has 2 aromatic carbocycles. The molecule has 104 valence electrons. The highest BCUT2D eigenvalue weighted by atomic mass is 16.6. The number of nitriles is 1. The second kappa shape index (κ2) is 5.25. The van der Waals surface area contributed by atoms with E-state index in [4.69, 9.17) is 5.26 Å². The van der Waals surface area contributed by atoms with Gasteiger partial charge in [-0.05, 0) is 24.1 Å². The molecule has 5 heteroatoms. The Labute approximate surface area is 122 Å². The van der Waals surface area contributed by atoms with E-state index in [-0.39, 0.29) is 11.3 Å². The molecule has 2 aromatic rings. The molecule has 1 saturated carbocycles. The highest BCUT2D eigenvalue weighted by Crippen LogP contribution is 2.42. The van der Waals surface area contributed by atoms with Crippen LogP contribution < -0.4 is 5.32 Å². The lowest BCUT2D eigenvalue weighted by Gasteiger charge is -2.06. The molecule has 1 aliphatic rings. The maximum atomic E-state index is 10.8. The van der Waals surface area contributed by atoms with Crippen LogP contribution in [0.2, 0.25) is 0 Å². The fraction of sp³-hybridized carbons (Fsp3) is 0.188. The minimum absolute atomic E-state index is 0.0851. The van der Waals surface area contributed by atoms with Gasteiger partial charge in [-0.3, -0.25) is 10.1 Å². The summed E-state index contributed by atoms with van der Waals surface area (Å²) in [6.45, 7) is 0. The quantitative estimate of drug-likeness (QED) is 0.686. The molecule has 2 unspecified atom stereocenters. The second-order valence-electron chi connectivity index (χ2n) is 5.10. The van der Waals surface area contributed by atoms with Gasteiger partial charge in [-0.25, -0.2) is 0 Å². The van der Waals surface area contributed by atoms with Crippen molar-refractivity contribution in [2.75, 3.05) is 5.32 Å². The molecule has 1 fully saturated rings. The van der Waals surface area contributed by atoms with E-state index in [1.54, 1.807) is 12.1 Å². The number of anilines is 1. The molecule has 1 aliphatic carbocycles. The Balaban J connectivity index is 1.73. The zero-order valence-electron chi connectivity index (χ0n) is 11.2. The molecule has 0 amide bonds. The summed E-state index contributed by atoms with van der Waals surface area (Å²) in [6.07, 6.45) is 1.03. The lowest BCUT2D eigenvalue weighted by molar-refractivity contribution is -0.385. The van der Waals surface area contributed by atoms with E-state index < -0.39 is 4.92 Å². The fourth-order valence-electron chi connectivity index (χ4n) is 2.51. The van der Waals surface area contributed by atoms with Gasteiger partial charge < -0.3 is 5.32 Å². The molecule has 0 bridgehead atoms. The third kappa shape index (κ3) is 2.70. The van der Waals surface area contributed by atoms with Gasteiger partial charge in [-0.2, -0.15) is 5.26 Å². The predicted molar refractivity (Wildman–Crippen MR) is 79.0 cm³/mol. The molecule has 0 radical (unpaired) electrons. The Morgan fingerprint density at radius 3 is 2.67 bits per heavy atom. The van der Waals surface area contributed by atoms with Crippen LogP contribution in [0.3, 0.4) is 0 Å². The highest BCUT2D eigenvalue weighted by Gasteiger charge is 2.38. The normalized spacial score (nSPS) is 19.6. The molecular formula is C16H13N3O2. The van der Waals surface area contributed by atoms with Gasteiger partial charge in [0.25, 0.3) is 5.69 Å². The SMILES string of the molecule is N#Cc1cc(NC2CC2c2ccccc2)ccc1[N+](=O)[O-]. The number of nitrogens with zero attached hydrogens (tertiary/aromatic N) is 2. The van der Waals surface area contributed by atoms with Crippen molar-refractivity contribution in [3.05, 3.63) is 69.8 Å². The van der Waals surface area contributed by atoms with Crippen molar-refractivity contribution in [3.63, 3.8) is 0 Å². The Hall–Kier alpha value is -2.87. The molecule has 0 aromatic heterocycles. The van der Waals surface area contributed by atoms with Crippen LogP contribution in [0.5, 0.6) is 0 Å². The average molecular weight is 279 g/mol. The third-order valence-electron chi connectivity index (χ3n) is 3.68. The highest BCUT2D eigenvalue weighted by molar-refractivity contribution is 5.59. The molecule has 5 nitrogen and oxygen atoms in total. The Bertz CT molecular complexity index is 722. The van der Waals surface area contributed by atoms with Gasteiger partial charge in [0.15, 0.2) is 0 Å². The molecule has 0 spiro atoms. The van der Waals surface area contributed by atoms with E-state index >= 15 is 0 Å². The van der Waals surface area contributed by atoms with Crippen LogP contribution in [0.25, 0.3) is 0 Å². The number of hydrogen-bond acceptors (Lipinski definition) is 4. The first kappa shape index (κ1) is 13.1. The Morgan fingerprint density at radius 1 is 1.24 bits per heavy atom. The predicted octanol–water partition coefficient (Wildman–Crippen LogP) is 3.43. The van der Waals surface area contributed by atoms with Crippen LogP contribution in [0.4, 0.5) is 11.4 Å². The summed E-state index contributed by atoms with van der Waals surface area (Å²) in [7, 11) is 0. The third-order valence-corrected chi connectivity index (χ3v) is 3.68. The summed E-state index contributed by atoms with van der Waals surface area (Å²) in [4.78, 5) is 10.3. The molecule has 0 saturated heterocycles. The Kier molecular flexibility index (Phi) is 3.28. The van der Waals surface area contributed by atoms with Crippen molar-refractivity contribution in [2.45, 2.75) is 18.4 Å². The maximum Gasteiger partial charge on any atom is 0.287 e. The van der Waals surface area contributed by atoms with Gasteiger partial charge in [0.2, 0.25) is 0 Å². The second-order valence-corrected chi connectivity index (χ2v) is 5.10. The standard InChI is InChI=1S/C16H13N3O2/c17-10-12-8-13(6-7-16(12)19(20)21)18-15-9-14(15)11-4-2-1-3-5-11/h1-8,14-15,18H,9H2. The molecular weight excluding hydrogens is 266 g/mol. The first-order valence-corrected chi connectivity index (χ1v) is 6.69. The van der Waals surface area contributed by atoms with Crippen LogP contribution in [0, 0.1) is 21.4 Å². The van der Waals surface area contributed by atoms with Gasteiger partial charge in [0, 0.05) is 23.7 Å². The van der Waals surface area contributed by atoms with Crippen molar-refractivity contribution < 1.29 is 4.92 Å². The van der Waals surface area contributed by atoms with Crippen LogP contribution >= 0.6 is 0 Å². The number of rotatable bonds is 4. The largest absolute Gasteiger partial charge is 0.382 e. The van der Waals surface area contributed by atoms with Crippen LogP contribution in [0.1, 0.15) is 23.5 Å². The van der Waals surface area contributed by atoms with Crippen LogP contribution in [-0.2, 0) is 0 Å². The summed E-state index contributed by atoms with van der Waals surface area (Å²) in [5.74, 6) is 0.465. The average Bonchev–Trinajstić information content (AvgIpc) is 3.27. The van der Waals surface area contributed by atoms with Crippen molar-refractivity contribution in [1.82, 2.24) is 0 Å². The van der Waals surface area contributed by atoms with E-state index in [0.717, 1.165) is 12.1 Å². The van der Waals surface area contributed by atoms with E-state index in [1.165, 1.54) is 11.6 Å². The van der Waals surface area contributed by atoms with Gasteiger partial charge >= 0.3 is 0 Å². The number of benzene rings is 2. The zero-order valence-corrected chi connectivity index (χ0v) is 11.2. The summed E-state index contributed by atoms with van der Waals surface area (Å²) >= 11 is 0. The zero-order chi connectivity index (χ0) is 14.8. The molecule has 3 rings (SSSR count). The summed E-state index contributed by atoms with van der Waals surface area (Å²) < 4.78 is 0. The first-order valence-electron chi connectivity index (χ1n) is 6.69. The van der Waals surface area contributed by atoms with Gasteiger partial charge in [-0.1, -0.05) is 30.3 Å². The minimum Gasteiger partial charge on any atom is -0.382 e. The van der Waals surface area contributed by atoms with Crippen molar-refractivity contribution in [2.24, 2.45) is 0 Å². The van der Waals surface area contributed by atoms with Crippen molar-refractivity contribution >= 4 is 11.4 Å². The monoisotopic (exact) mass is 279 g/mol. The first-order chi connectivity index (χ1) is 10.2. The topological polar surface area (TPSA) is 79.0 Å². The molecule has 2 atom stereocenters. The molecule has 1 N–H and O–H groups in total. The lowest BCUT2D eigenvalue weighted by Crippen LogP contribution is -2.04. The fourth-order valence-corrected chi connectivity index (χ4v) is 2.51. The van der Waals surface area contributed by atoms with E-state index in [9.17, 15) is 10.1 Å². The lowest BCUT2D eigenvalue weighted by atomic mass is 10.1. The van der Waals surface area contributed by atoms with Crippen LogP contribution in [0.15, 0.2) is 48.5 Å². The van der Waals surface area contributed by atoms with Crippen molar-refractivity contribution in [3.8, 4) is 6.07 Å². The number of hydrogen-bond donors (Lipinski definition) is 1. The maximum absolute atomic E-state index is 10.8. The number of nitrogens with one attached hydrogen (secondary N) is 1. The van der Waals surface area contributed by atoms with Crippen molar-refractivity contribution in [1.29, 1.82) is 5.26 Å². The molecule has 0 aliphatic heterocycles. The van der Waals surface area contributed by atoms with E-state index in [2.05, 4.69) is 17.4 Å². The smallest absolute Gasteiger partial charge is 0.287 e. The minimum atomic E-state index is -0.535. The van der Waals surface area contributed by atoms with Gasteiger partial charge in [0.05, 0.1) is 4.92 Å². The summed E-state index contributed by atoms with van der Waals surface area (Å²) in [6, 6.07) is 17.0. The van der Waals surface area contributed by atoms with Crippen LogP contribution in [-0.4, -0.2) is 11.0 Å². The summed E-state index contributed by atoms with van der Waals surface area (Å²) in [5.41, 5.74) is 1.97. The summed E-state index contributed by atoms with van der Waals surface area (Å²) in [5, 5.41) is 23.1. The Morgan fingerprint density at radius 2 is 2.00 bits per heavy atom. The van der Waals surface area contributed by atoms with E-state index in [0.29, 0.717) is 12.0 Å². The number of nitro benzene ring substituents is 1.